The molecule has 1 aromatic carbocycles. The van der Waals surface area contributed by atoms with E-state index in [1.807, 2.05) is 38.1 Å². The summed E-state index contributed by atoms with van der Waals surface area (Å²) in [7, 11) is 0. The Bertz CT molecular complexity index is 557. The molecule has 0 aromatic heterocycles. The van der Waals surface area contributed by atoms with Crippen molar-refractivity contribution in [1.29, 1.82) is 0 Å². The molecule has 1 aromatic rings. The van der Waals surface area contributed by atoms with Crippen molar-refractivity contribution in [1.82, 2.24) is 0 Å². The third-order valence-corrected chi connectivity index (χ3v) is 4.41. The average Bonchev–Trinajstić information content (AvgIpc) is 2.77. The second kappa shape index (κ2) is 6.69. The molecule has 1 saturated heterocycles. The van der Waals surface area contributed by atoms with Crippen molar-refractivity contribution in [3.63, 3.8) is 0 Å². The number of alkyl halides is 1. The van der Waals surface area contributed by atoms with Crippen LogP contribution in [0.4, 0.5) is 10.5 Å². The fourth-order valence-electron chi connectivity index (χ4n) is 2.94. The molecule has 2 N–H and O–H groups in total. The average molecular weight is 369 g/mol. The van der Waals surface area contributed by atoms with Gasteiger partial charge in [-0.15, -0.1) is 0 Å². The van der Waals surface area contributed by atoms with Gasteiger partial charge in [-0.05, 0) is 43.9 Å². The molecule has 5 nitrogen and oxygen atoms in total. The lowest BCUT2D eigenvalue weighted by molar-refractivity contribution is -0.117. The van der Waals surface area contributed by atoms with Crippen molar-refractivity contribution in [2.45, 2.75) is 37.6 Å². The van der Waals surface area contributed by atoms with Crippen molar-refractivity contribution in [3.05, 3.63) is 29.8 Å². The molecule has 1 aliphatic rings. The number of hydrogen-bond donors (Lipinski definition) is 1. The molecule has 1 aliphatic heterocycles. The monoisotopic (exact) mass is 368 g/mol. The summed E-state index contributed by atoms with van der Waals surface area (Å²) in [5.41, 5.74) is 6.50. The second-order valence-corrected chi connectivity index (χ2v) is 6.82. The number of nitrogens with zero attached hydrogens (tertiary/aromatic N) is 1. The summed E-state index contributed by atoms with van der Waals surface area (Å²) >= 11 is 3.41. The van der Waals surface area contributed by atoms with Crippen molar-refractivity contribution in [2.75, 3.05) is 11.4 Å². The fraction of sp³-hybridized carbons (Fsp3) is 0.500. The smallest absolute Gasteiger partial charge is 0.405 e. The molecule has 1 fully saturated rings. The first-order valence-electron chi connectivity index (χ1n) is 7.24. The van der Waals surface area contributed by atoms with E-state index < -0.39 is 11.7 Å². The molecule has 1 unspecified atom stereocenters. The van der Waals surface area contributed by atoms with Gasteiger partial charge in [-0.1, -0.05) is 28.1 Å². The first-order chi connectivity index (χ1) is 10.3. The zero-order valence-electron chi connectivity index (χ0n) is 12.8. The van der Waals surface area contributed by atoms with Crippen LogP contribution >= 0.6 is 15.9 Å². The van der Waals surface area contributed by atoms with Gasteiger partial charge < -0.3 is 15.4 Å². The number of carbonyl (C=O) groups excluding carboxylic acids is 2. The highest BCUT2D eigenvalue weighted by Crippen LogP contribution is 2.31. The summed E-state index contributed by atoms with van der Waals surface area (Å²) in [6.07, 6.45) is 0.292. The van der Waals surface area contributed by atoms with Crippen LogP contribution in [0.2, 0.25) is 0 Å². The maximum Gasteiger partial charge on any atom is 0.405 e. The van der Waals surface area contributed by atoms with Crippen LogP contribution in [-0.4, -0.2) is 24.1 Å². The Balaban J connectivity index is 2.02. The number of anilines is 1. The third-order valence-electron chi connectivity index (χ3n) is 3.76. The third kappa shape index (κ3) is 4.22. The summed E-state index contributed by atoms with van der Waals surface area (Å²) < 4.78 is 5.11. The minimum atomic E-state index is -0.781. The van der Waals surface area contributed by atoms with Crippen LogP contribution in [0, 0.1) is 5.92 Å². The number of rotatable bonds is 5. The van der Waals surface area contributed by atoms with Crippen LogP contribution in [0.15, 0.2) is 24.3 Å². The lowest BCUT2D eigenvalue weighted by Gasteiger charge is -2.27. The summed E-state index contributed by atoms with van der Waals surface area (Å²) in [5.74, 6) is 0.254. The van der Waals surface area contributed by atoms with Gasteiger partial charge in [-0.2, -0.15) is 0 Å². The van der Waals surface area contributed by atoms with Crippen molar-refractivity contribution in [3.8, 4) is 0 Å². The predicted octanol–water partition coefficient (Wildman–Crippen LogP) is 3.20. The quantitative estimate of drug-likeness (QED) is 0.811. The van der Waals surface area contributed by atoms with Gasteiger partial charge in [-0.25, -0.2) is 4.79 Å². The number of benzene rings is 1. The van der Waals surface area contributed by atoms with E-state index in [-0.39, 0.29) is 11.8 Å². The van der Waals surface area contributed by atoms with Gasteiger partial charge in [-0.3, -0.25) is 4.79 Å². The van der Waals surface area contributed by atoms with Crippen molar-refractivity contribution >= 4 is 33.6 Å². The van der Waals surface area contributed by atoms with Gasteiger partial charge in [0.05, 0.1) is 0 Å². The zero-order chi connectivity index (χ0) is 16.3. The molecule has 0 radical (unpaired) electrons. The van der Waals surface area contributed by atoms with Crippen molar-refractivity contribution in [2.24, 2.45) is 11.7 Å². The molecule has 0 saturated carbocycles. The minimum Gasteiger partial charge on any atom is -0.444 e. The van der Waals surface area contributed by atoms with Crippen LogP contribution in [0.3, 0.4) is 0 Å². The Hall–Kier alpha value is -1.56. The zero-order valence-corrected chi connectivity index (χ0v) is 14.4. The minimum absolute atomic E-state index is 0.103. The number of ether oxygens (including phenoxy) is 1. The van der Waals surface area contributed by atoms with Gasteiger partial charge in [0.2, 0.25) is 5.91 Å². The summed E-state index contributed by atoms with van der Waals surface area (Å²) in [6, 6.07) is 7.93. The molecule has 0 bridgehead atoms. The molecular formula is C16H21BrN2O3. The topological polar surface area (TPSA) is 72.6 Å². The van der Waals surface area contributed by atoms with E-state index in [0.717, 1.165) is 11.0 Å². The molecular weight excluding hydrogens is 348 g/mol. The van der Waals surface area contributed by atoms with Gasteiger partial charge in [0.1, 0.15) is 5.60 Å². The molecule has 0 spiro atoms. The van der Waals surface area contributed by atoms with Gasteiger partial charge in [0, 0.05) is 24.0 Å². The fourth-order valence-corrected chi connectivity index (χ4v) is 3.32. The highest BCUT2D eigenvalue weighted by molar-refractivity contribution is 9.08. The van der Waals surface area contributed by atoms with E-state index in [4.69, 9.17) is 10.5 Å². The van der Waals surface area contributed by atoms with Crippen LogP contribution in [0.1, 0.15) is 32.3 Å². The number of carbonyl (C=O) groups is 2. The number of primary amides is 1. The van der Waals surface area contributed by atoms with Crippen LogP contribution < -0.4 is 10.6 Å². The number of halogens is 1. The van der Waals surface area contributed by atoms with E-state index in [0.29, 0.717) is 19.4 Å². The van der Waals surface area contributed by atoms with E-state index in [2.05, 4.69) is 15.9 Å². The summed E-state index contributed by atoms with van der Waals surface area (Å²) in [5, 5.41) is 0.794. The van der Waals surface area contributed by atoms with E-state index in [1.54, 1.807) is 4.90 Å². The lowest BCUT2D eigenvalue weighted by Crippen LogP contribution is -2.34. The standard InChI is InChI=1S/C16H21BrN2O3/c1-16(2,22-15(18)21)8-12-7-14(20)19(10-12)13-5-3-11(9-17)4-6-13/h3-6,12H,7-10H2,1-2H3,(H2,18,21). The number of hydrogen-bond acceptors (Lipinski definition) is 3. The van der Waals surface area contributed by atoms with E-state index >= 15 is 0 Å². The molecule has 120 valence electrons. The van der Waals surface area contributed by atoms with E-state index in [9.17, 15) is 9.59 Å². The van der Waals surface area contributed by atoms with Crippen molar-refractivity contribution < 1.29 is 14.3 Å². The molecule has 2 amide bonds. The highest BCUT2D eigenvalue weighted by Gasteiger charge is 2.35. The van der Waals surface area contributed by atoms with Crippen LogP contribution in [-0.2, 0) is 14.9 Å². The SMILES string of the molecule is CC(C)(CC1CC(=O)N(c2ccc(CBr)cc2)C1)OC(N)=O. The first-order valence-corrected chi connectivity index (χ1v) is 8.36. The van der Waals surface area contributed by atoms with Gasteiger partial charge in [0.25, 0.3) is 0 Å². The number of nitrogens with two attached hydrogens (primary N) is 1. The second-order valence-electron chi connectivity index (χ2n) is 6.26. The van der Waals surface area contributed by atoms with Gasteiger partial charge >= 0.3 is 6.09 Å². The Morgan fingerprint density at radius 2 is 2.05 bits per heavy atom. The normalized spacial score (nSPS) is 18.6. The van der Waals surface area contributed by atoms with Crippen LogP contribution in [0.25, 0.3) is 0 Å². The Kier molecular flexibility index (Phi) is 5.11. The Labute approximate surface area is 138 Å². The molecule has 22 heavy (non-hydrogen) atoms. The first kappa shape index (κ1) is 16.8. The number of amides is 2. The Morgan fingerprint density at radius 3 is 2.59 bits per heavy atom. The molecule has 2 rings (SSSR count). The molecule has 1 atom stereocenters. The molecule has 1 heterocycles. The van der Waals surface area contributed by atoms with Gasteiger partial charge in [0.15, 0.2) is 0 Å². The Morgan fingerprint density at radius 1 is 1.41 bits per heavy atom. The molecule has 6 heteroatoms. The summed E-state index contributed by atoms with van der Waals surface area (Å²) in [4.78, 5) is 24.9. The lowest BCUT2D eigenvalue weighted by atomic mass is 9.92. The summed E-state index contributed by atoms with van der Waals surface area (Å²) in [6.45, 7) is 4.27. The highest BCUT2D eigenvalue weighted by atomic mass is 79.9. The van der Waals surface area contributed by atoms with Crippen LogP contribution in [0.5, 0.6) is 0 Å². The maximum atomic E-state index is 12.2. The maximum absolute atomic E-state index is 12.2. The largest absolute Gasteiger partial charge is 0.444 e. The van der Waals surface area contributed by atoms with E-state index in [1.165, 1.54) is 5.56 Å². The predicted molar refractivity (Wildman–Crippen MR) is 88.9 cm³/mol. The molecule has 0 aliphatic carbocycles.